The quantitative estimate of drug-likeness (QED) is 0.173. The van der Waals surface area contributed by atoms with Crippen molar-refractivity contribution in [3.05, 3.63) is 142 Å². The Morgan fingerprint density at radius 3 is 1.45 bits per heavy atom. The van der Waals surface area contributed by atoms with E-state index in [1.165, 1.54) is 34.1 Å². The van der Waals surface area contributed by atoms with E-state index < -0.39 is 18.1 Å². The van der Waals surface area contributed by atoms with Crippen molar-refractivity contribution in [2.75, 3.05) is 32.8 Å². The minimum Gasteiger partial charge on any atom is -0.481 e. The molecule has 2 saturated heterocycles. The molecule has 0 aliphatic carbocycles. The summed E-state index contributed by atoms with van der Waals surface area (Å²) in [6.45, 7) is 3.81. The number of esters is 1. The summed E-state index contributed by atoms with van der Waals surface area (Å²) in [5.41, 5.74) is 8.00. The summed E-state index contributed by atoms with van der Waals surface area (Å²) < 4.78 is 36.0. The van der Waals surface area contributed by atoms with E-state index in [0.29, 0.717) is 39.0 Å². The molecule has 0 spiro atoms. The molecule has 2 fully saturated rings. The van der Waals surface area contributed by atoms with Gasteiger partial charge in [-0.3, -0.25) is 28.8 Å². The number of benzene rings is 4. The third-order valence-corrected chi connectivity index (χ3v) is 13.1. The summed E-state index contributed by atoms with van der Waals surface area (Å²) in [4.78, 5) is 81.1. The molecule has 10 rings (SSSR count). The molecular formula is C50H48F2N6O8. The molecule has 16 heteroatoms. The fourth-order valence-corrected chi connectivity index (χ4v) is 9.85. The molecule has 340 valence electrons. The highest BCUT2D eigenvalue weighted by Crippen LogP contribution is 2.37. The molecule has 6 heterocycles. The average molecular weight is 899 g/mol. The number of para-hydroxylation sites is 2. The topological polar surface area (TPSA) is 155 Å². The lowest BCUT2D eigenvalue weighted by molar-refractivity contribution is -0.158. The van der Waals surface area contributed by atoms with Crippen LogP contribution in [0.2, 0.25) is 0 Å². The van der Waals surface area contributed by atoms with E-state index in [1.807, 2.05) is 48.5 Å². The molecule has 6 aromatic rings. The molecule has 2 aromatic heterocycles. The summed E-state index contributed by atoms with van der Waals surface area (Å²) in [7, 11) is 0. The molecular weight excluding hydrogens is 851 g/mol. The number of rotatable bonds is 11. The van der Waals surface area contributed by atoms with Crippen LogP contribution in [0.1, 0.15) is 53.4 Å². The molecule has 0 radical (unpaired) electrons. The Labute approximate surface area is 378 Å². The lowest BCUT2D eigenvalue weighted by Gasteiger charge is -2.43. The van der Waals surface area contributed by atoms with Gasteiger partial charge in [-0.1, -0.05) is 60.7 Å². The van der Waals surface area contributed by atoms with Gasteiger partial charge in [0.05, 0.1) is 45.6 Å². The number of halogens is 2. The van der Waals surface area contributed by atoms with Crippen LogP contribution in [-0.2, 0) is 72.5 Å². The van der Waals surface area contributed by atoms with Crippen LogP contribution in [0.4, 0.5) is 8.78 Å². The lowest BCUT2D eigenvalue weighted by Crippen LogP contribution is -2.61. The first-order valence-corrected chi connectivity index (χ1v) is 22.1. The number of carboxylic acid groups (broad SMARTS) is 1. The Hall–Kier alpha value is -7.36. The molecule has 2 unspecified atom stereocenters. The van der Waals surface area contributed by atoms with Crippen LogP contribution in [-0.4, -0.2) is 114 Å². The number of hydrogen-bond acceptors (Lipinski definition) is 7. The number of nitrogens with zero attached hydrogens (tertiary/aromatic N) is 6. The largest absolute Gasteiger partial charge is 0.481 e. The van der Waals surface area contributed by atoms with Crippen molar-refractivity contribution in [3.63, 3.8) is 0 Å². The minimum atomic E-state index is -0.998. The van der Waals surface area contributed by atoms with Gasteiger partial charge in [0, 0.05) is 72.2 Å². The number of aliphatic carboxylic acids is 1. The van der Waals surface area contributed by atoms with E-state index in [0.717, 1.165) is 55.4 Å². The van der Waals surface area contributed by atoms with Gasteiger partial charge in [-0.15, -0.1) is 0 Å². The van der Waals surface area contributed by atoms with Gasteiger partial charge in [-0.2, -0.15) is 0 Å². The van der Waals surface area contributed by atoms with Crippen LogP contribution in [0.15, 0.2) is 97.1 Å². The molecule has 2 atom stereocenters. The molecule has 0 bridgehead atoms. The number of carbonyl (C=O) groups excluding carboxylic acids is 5. The second-order valence-electron chi connectivity index (χ2n) is 17.0. The maximum Gasteiger partial charge on any atom is 0.307 e. The summed E-state index contributed by atoms with van der Waals surface area (Å²) in [5, 5.41) is 11.1. The summed E-state index contributed by atoms with van der Waals surface area (Å²) in [6.07, 6.45) is 0.697. The smallest absolute Gasteiger partial charge is 0.307 e. The zero-order chi connectivity index (χ0) is 46.2. The average Bonchev–Trinajstić information content (AvgIpc) is 3.79. The molecule has 4 amide bonds. The zero-order valence-corrected chi connectivity index (χ0v) is 36.3. The number of piperazine rings is 2. The first-order valence-electron chi connectivity index (χ1n) is 22.1. The Kier molecular flexibility index (Phi) is 12.1. The predicted octanol–water partition coefficient (Wildman–Crippen LogP) is 5.28. The summed E-state index contributed by atoms with van der Waals surface area (Å²) in [5.74, 6) is -2.59. The van der Waals surface area contributed by atoms with Gasteiger partial charge in [-0.05, 0) is 65.6 Å². The number of hydrogen-bond donors (Lipinski definition) is 1. The maximum absolute atomic E-state index is 13.4. The number of aromatic nitrogens is 2. The molecule has 0 saturated carbocycles. The van der Waals surface area contributed by atoms with Gasteiger partial charge < -0.3 is 38.6 Å². The molecule has 4 aliphatic heterocycles. The van der Waals surface area contributed by atoms with Crippen LogP contribution < -0.4 is 0 Å². The predicted molar refractivity (Wildman–Crippen MR) is 238 cm³/mol. The second kappa shape index (κ2) is 18.3. The van der Waals surface area contributed by atoms with Crippen molar-refractivity contribution < 1.29 is 47.4 Å². The van der Waals surface area contributed by atoms with Crippen molar-refractivity contribution >= 4 is 57.4 Å². The van der Waals surface area contributed by atoms with Crippen molar-refractivity contribution in [3.8, 4) is 0 Å². The van der Waals surface area contributed by atoms with Crippen LogP contribution in [0.25, 0.3) is 21.8 Å². The van der Waals surface area contributed by atoms with Gasteiger partial charge in [0.25, 0.3) is 0 Å². The highest BCUT2D eigenvalue weighted by molar-refractivity contribution is 5.98. The second-order valence-corrected chi connectivity index (χ2v) is 17.0. The number of amides is 4. The fraction of sp³-hybridized carbons (Fsp3) is 0.320. The molecule has 14 nitrogen and oxygen atoms in total. The Morgan fingerprint density at radius 1 is 0.606 bits per heavy atom. The van der Waals surface area contributed by atoms with Gasteiger partial charge in [0.15, 0.2) is 0 Å². The van der Waals surface area contributed by atoms with Crippen molar-refractivity contribution in [1.82, 2.24) is 28.7 Å². The van der Waals surface area contributed by atoms with Crippen LogP contribution in [0.5, 0.6) is 0 Å². The van der Waals surface area contributed by atoms with E-state index in [2.05, 4.69) is 9.13 Å². The van der Waals surface area contributed by atoms with Crippen molar-refractivity contribution in [1.29, 1.82) is 0 Å². The SMILES string of the molecule is CCOC(=O)CCN1CC(=O)N2Cc3c(c4ccccc4n3Cc3ccc(F)cc3)CC2C1=O.O=C(O)CCN1CC(=O)N2Cc3c(c4ccccc4n3Cc3ccc(F)cc3)CC2C1=O. The Balaban J connectivity index is 0.000000166. The molecule has 66 heavy (non-hydrogen) atoms. The Morgan fingerprint density at radius 2 is 1.03 bits per heavy atom. The standard InChI is InChI=1S/C26H26FN3O4.C24H22FN3O4/c1-2-34-25(32)11-12-28-16-24(31)30-15-23-20(13-22(30)26(28)33)19-5-3-4-6-21(19)29(23)14-17-7-9-18(27)10-8-17;25-16-7-5-15(6-8-16)12-27-19-4-2-1-3-17(19)18-11-20-24(32)26(10-9-23(30)31)14-22(29)28(20)13-21(18)27/h3-10,22H,2,11-16H2,1H3;1-8,20H,9-14H2,(H,30,31). The first-order chi connectivity index (χ1) is 31.9. The minimum absolute atomic E-state index is 0.0312. The summed E-state index contributed by atoms with van der Waals surface area (Å²) in [6, 6.07) is 27.5. The fourth-order valence-electron chi connectivity index (χ4n) is 9.85. The van der Waals surface area contributed by atoms with E-state index in [-0.39, 0.29) is 86.9 Å². The van der Waals surface area contributed by atoms with E-state index in [1.54, 1.807) is 41.0 Å². The normalized spacial score (nSPS) is 17.9. The van der Waals surface area contributed by atoms with Gasteiger partial charge >= 0.3 is 11.9 Å². The zero-order valence-electron chi connectivity index (χ0n) is 36.3. The molecule has 1 N–H and O–H groups in total. The lowest BCUT2D eigenvalue weighted by atomic mass is 9.93. The third-order valence-electron chi connectivity index (χ3n) is 13.1. The highest BCUT2D eigenvalue weighted by atomic mass is 19.1. The number of ether oxygens (including phenoxy) is 1. The van der Waals surface area contributed by atoms with Crippen molar-refractivity contribution in [2.45, 2.75) is 70.9 Å². The number of carbonyl (C=O) groups is 6. The van der Waals surface area contributed by atoms with E-state index in [4.69, 9.17) is 9.84 Å². The number of fused-ring (bicyclic) bond motifs is 8. The maximum atomic E-state index is 13.4. The van der Waals surface area contributed by atoms with Gasteiger partial charge in [0.2, 0.25) is 23.6 Å². The Bertz CT molecular complexity index is 2890. The first kappa shape index (κ1) is 43.9. The molecule has 4 aromatic carbocycles. The number of carboxylic acids is 1. The van der Waals surface area contributed by atoms with Crippen molar-refractivity contribution in [2.24, 2.45) is 0 Å². The monoisotopic (exact) mass is 898 g/mol. The highest BCUT2D eigenvalue weighted by Gasteiger charge is 2.45. The van der Waals surface area contributed by atoms with E-state index in [9.17, 15) is 37.5 Å². The van der Waals surface area contributed by atoms with E-state index >= 15 is 0 Å². The van der Waals surface area contributed by atoms with Crippen LogP contribution in [0.3, 0.4) is 0 Å². The third kappa shape index (κ3) is 8.50. The molecule has 4 aliphatic rings. The van der Waals surface area contributed by atoms with Crippen LogP contribution in [0, 0.1) is 11.6 Å². The van der Waals surface area contributed by atoms with Gasteiger partial charge in [-0.25, -0.2) is 8.78 Å². The summed E-state index contributed by atoms with van der Waals surface area (Å²) >= 11 is 0. The van der Waals surface area contributed by atoms with Crippen LogP contribution >= 0.6 is 0 Å². The van der Waals surface area contributed by atoms with Gasteiger partial charge in [0.1, 0.15) is 23.7 Å².